The Morgan fingerprint density at radius 1 is 1.14 bits per heavy atom. The van der Waals surface area contributed by atoms with Crippen molar-refractivity contribution in [2.45, 2.75) is 44.7 Å². The predicted octanol–water partition coefficient (Wildman–Crippen LogP) is 1.75. The number of hydrogen-bond donors (Lipinski definition) is 3. The number of nitrogens with zero attached hydrogens (tertiary/aromatic N) is 1. The summed E-state index contributed by atoms with van der Waals surface area (Å²) in [5.41, 5.74) is 7.91. The number of benzene rings is 1. The van der Waals surface area contributed by atoms with Crippen LogP contribution in [0.25, 0.3) is 0 Å². The van der Waals surface area contributed by atoms with E-state index in [0.29, 0.717) is 30.5 Å². The summed E-state index contributed by atoms with van der Waals surface area (Å²) < 4.78 is 0. The minimum absolute atomic E-state index is 0.0765. The summed E-state index contributed by atoms with van der Waals surface area (Å²) >= 11 is 0. The third-order valence-corrected chi connectivity index (χ3v) is 6.28. The summed E-state index contributed by atoms with van der Waals surface area (Å²) in [4.78, 5) is 27.0. The molecule has 0 aromatic heterocycles. The fraction of sp³-hybridized carbons (Fsp3) is 0.636. The van der Waals surface area contributed by atoms with E-state index in [-0.39, 0.29) is 23.8 Å². The van der Waals surface area contributed by atoms with Gasteiger partial charge in [0.05, 0.1) is 0 Å². The molecule has 2 fully saturated rings. The third kappa shape index (κ3) is 5.32. The van der Waals surface area contributed by atoms with Crippen LogP contribution in [-0.4, -0.2) is 49.9 Å². The van der Waals surface area contributed by atoms with Gasteiger partial charge in [0.25, 0.3) is 5.91 Å². The SMILES string of the molecule is CN(C)CCNC(=O)c1cccc(CNC(=O)C2CC3CCCC(C2)C3N)c1. The molecule has 2 aliphatic carbocycles. The first-order chi connectivity index (χ1) is 13.4. The van der Waals surface area contributed by atoms with Gasteiger partial charge in [-0.1, -0.05) is 18.6 Å². The van der Waals surface area contributed by atoms with Gasteiger partial charge in [-0.2, -0.15) is 0 Å². The molecule has 1 aromatic carbocycles. The van der Waals surface area contributed by atoms with Crippen molar-refractivity contribution in [3.05, 3.63) is 35.4 Å². The molecular weight excluding hydrogens is 352 g/mol. The summed E-state index contributed by atoms with van der Waals surface area (Å²) in [6.45, 7) is 1.86. The fourth-order valence-corrected chi connectivity index (χ4v) is 4.65. The molecule has 2 saturated carbocycles. The van der Waals surface area contributed by atoms with Crippen molar-refractivity contribution in [3.63, 3.8) is 0 Å². The molecule has 28 heavy (non-hydrogen) atoms. The van der Waals surface area contributed by atoms with Crippen LogP contribution in [0.15, 0.2) is 24.3 Å². The third-order valence-electron chi connectivity index (χ3n) is 6.28. The first-order valence-corrected chi connectivity index (χ1v) is 10.5. The Morgan fingerprint density at radius 3 is 2.54 bits per heavy atom. The molecule has 1 aromatic rings. The number of amides is 2. The molecule has 2 amide bonds. The fourth-order valence-electron chi connectivity index (χ4n) is 4.65. The molecule has 0 saturated heterocycles. The van der Waals surface area contributed by atoms with E-state index in [2.05, 4.69) is 10.6 Å². The first kappa shape index (κ1) is 20.8. The van der Waals surface area contributed by atoms with Gasteiger partial charge in [-0.15, -0.1) is 0 Å². The topological polar surface area (TPSA) is 87.5 Å². The van der Waals surface area contributed by atoms with E-state index in [1.54, 1.807) is 6.07 Å². The van der Waals surface area contributed by atoms with Gasteiger partial charge in [0.15, 0.2) is 0 Å². The van der Waals surface area contributed by atoms with E-state index in [1.165, 1.54) is 6.42 Å². The molecule has 0 aliphatic heterocycles. The van der Waals surface area contributed by atoms with E-state index < -0.39 is 0 Å². The number of carbonyl (C=O) groups is 2. The number of carbonyl (C=O) groups excluding carboxylic acids is 2. The zero-order valence-electron chi connectivity index (χ0n) is 17.1. The number of rotatable bonds is 7. The highest BCUT2D eigenvalue weighted by atomic mass is 16.2. The Morgan fingerprint density at radius 2 is 1.86 bits per heavy atom. The van der Waals surface area contributed by atoms with Crippen LogP contribution in [0.1, 0.15) is 48.0 Å². The van der Waals surface area contributed by atoms with Gasteiger partial charge in [-0.25, -0.2) is 0 Å². The maximum atomic E-state index is 12.7. The lowest BCUT2D eigenvalue weighted by atomic mass is 9.65. The number of hydrogen-bond acceptors (Lipinski definition) is 4. The second kappa shape index (κ2) is 9.52. The average molecular weight is 387 g/mol. The molecule has 0 radical (unpaired) electrons. The molecule has 2 atom stereocenters. The van der Waals surface area contributed by atoms with Crippen LogP contribution in [-0.2, 0) is 11.3 Å². The van der Waals surface area contributed by atoms with E-state index >= 15 is 0 Å². The number of likely N-dealkylation sites (N-methyl/N-ethyl adjacent to an activating group) is 1. The molecule has 3 rings (SSSR count). The summed E-state index contributed by atoms with van der Waals surface area (Å²) in [7, 11) is 3.95. The normalized spacial score (nSPS) is 26.7. The lowest BCUT2D eigenvalue weighted by molar-refractivity contribution is -0.128. The molecule has 6 heteroatoms. The van der Waals surface area contributed by atoms with Crippen LogP contribution in [0.2, 0.25) is 0 Å². The van der Waals surface area contributed by atoms with Gasteiger partial charge in [-0.3, -0.25) is 9.59 Å². The minimum atomic E-state index is -0.0795. The molecule has 4 N–H and O–H groups in total. The standard InChI is InChI=1S/C22H34N4O2/c1-26(2)10-9-24-21(27)18-8-3-5-15(11-18)14-25-22(28)19-12-16-6-4-7-17(13-19)20(16)23/h3,5,8,11,16-17,19-20H,4,6-7,9-10,12-14,23H2,1-2H3,(H,24,27)(H,25,28). The highest BCUT2D eigenvalue weighted by Gasteiger charge is 2.40. The van der Waals surface area contributed by atoms with Gasteiger partial charge in [0, 0.05) is 37.2 Å². The highest BCUT2D eigenvalue weighted by Crippen LogP contribution is 2.41. The Bertz CT molecular complexity index is 677. The number of nitrogens with two attached hydrogens (primary N) is 1. The minimum Gasteiger partial charge on any atom is -0.352 e. The van der Waals surface area contributed by atoms with Crippen molar-refractivity contribution >= 4 is 11.8 Å². The Balaban J connectivity index is 1.50. The molecule has 6 nitrogen and oxygen atoms in total. The van der Waals surface area contributed by atoms with Crippen molar-refractivity contribution in [2.75, 3.05) is 27.2 Å². The van der Waals surface area contributed by atoms with Crippen LogP contribution in [0.3, 0.4) is 0 Å². The quantitative estimate of drug-likeness (QED) is 0.666. The second-order valence-corrected chi connectivity index (χ2v) is 8.67. The van der Waals surface area contributed by atoms with Gasteiger partial charge < -0.3 is 21.3 Å². The van der Waals surface area contributed by atoms with Crippen molar-refractivity contribution in [3.8, 4) is 0 Å². The molecule has 154 valence electrons. The van der Waals surface area contributed by atoms with Gasteiger partial charge in [0.1, 0.15) is 0 Å². The van der Waals surface area contributed by atoms with E-state index in [9.17, 15) is 9.59 Å². The zero-order valence-corrected chi connectivity index (χ0v) is 17.1. The van der Waals surface area contributed by atoms with E-state index in [0.717, 1.165) is 37.8 Å². The maximum absolute atomic E-state index is 12.7. The molecule has 2 bridgehead atoms. The number of nitrogens with one attached hydrogen (secondary N) is 2. The van der Waals surface area contributed by atoms with E-state index in [4.69, 9.17) is 5.73 Å². The Hall–Kier alpha value is -1.92. The van der Waals surface area contributed by atoms with Crippen molar-refractivity contribution in [2.24, 2.45) is 23.5 Å². The summed E-state index contributed by atoms with van der Waals surface area (Å²) in [6.07, 6.45) is 5.40. The van der Waals surface area contributed by atoms with Crippen molar-refractivity contribution in [1.29, 1.82) is 0 Å². The number of fused-ring (bicyclic) bond motifs is 2. The van der Waals surface area contributed by atoms with Crippen LogP contribution < -0.4 is 16.4 Å². The van der Waals surface area contributed by atoms with E-state index in [1.807, 2.05) is 37.2 Å². The van der Waals surface area contributed by atoms with Gasteiger partial charge in [0.2, 0.25) is 5.91 Å². The molecular formula is C22H34N4O2. The van der Waals surface area contributed by atoms with Crippen molar-refractivity contribution < 1.29 is 9.59 Å². The Labute approximate surface area is 168 Å². The molecule has 0 heterocycles. The smallest absolute Gasteiger partial charge is 0.251 e. The van der Waals surface area contributed by atoms with Gasteiger partial charge >= 0.3 is 0 Å². The maximum Gasteiger partial charge on any atom is 0.251 e. The summed E-state index contributed by atoms with van der Waals surface area (Å²) in [6, 6.07) is 7.76. The zero-order chi connectivity index (χ0) is 20.1. The highest BCUT2D eigenvalue weighted by molar-refractivity contribution is 5.94. The lowest BCUT2D eigenvalue weighted by Gasteiger charge is -2.43. The summed E-state index contributed by atoms with van der Waals surface area (Å²) in [5.74, 6) is 1.12. The first-order valence-electron chi connectivity index (χ1n) is 10.5. The molecule has 2 unspecified atom stereocenters. The average Bonchev–Trinajstić information content (AvgIpc) is 2.65. The predicted molar refractivity (Wildman–Crippen MR) is 111 cm³/mol. The van der Waals surface area contributed by atoms with Crippen LogP contribution in [0.5, 0.6) is 0 Å². The Kier molecular flexibility index (Phi) is 7.08. The van der Waals surface area contributed by atoms with Crippen LogP contribution >= 0.6 is 0 Å². The van der Waals surface area contributed by atoms with Crippen LogP contribution in [0, 0.1) is 17.8 Å². The second-order valence-electron chi connectivity index (χ2n) is 8.67. The molecule has 0 spiro atoms. The lowest BCUT2D eigenvalue weighted by Crippen LogP contribution is -2.49. The van der Waals surface area contributed by atoms with Crippen molar-refractivity contribution in [1.82, 2.24) is 15.5 Å². The largest absolute Gasteiger partial charge is 0.352 e. The molecule has 2 aliphatic rings. The van der Waals surface area contributed by atoms with Gasteiger partial charge in [-0.05, 0) is 69.3 Å². The monoisotopic (exact) mass is 386 g/mol. The van der Waals surface area contributed by atoms with Crippen LogP contribution in [0.4, 0.5) is 0 Å². The summed E-state index contributed by atoms with van der Waals surface area (Å²) in [5, 5.41) is 6.00.